The minimum absolute atomic E-state index is 0.217. The fraction of sp³-hybridized carbons (Fsp3) is 0.500. The van der Waals surface area contributed by atoms with Crippen LogP contribution < -0.4 is 4.74 Å². The summed E-state index contributed by atoms with van der Waals surface area (Å²) in [5.41, 5.74) is -0.183. The van der Waals surface area contributed by atoms with Gasteiger partial charge in [0, 0.05) is 25.4 Å². The first kappa shape index (κ1) is 15.0. The van der Waals surface area contributed by atoms with E-state index in [9.17, 15) is 9.18 Å². The lowest BCUT2D eigenvalue weighted by Gasteiger charge is -2.22. The van der Waals surface area contributed by atoms with Gasteiger partial charge in [0.15, 0.2) is 5.67 Å². The standard InChI is InChI=1S/C16H18FN5O2/c17-16(5-6-16)15(23)21-8-3-9-22-13(10-21)12(19-20-22)11-24-14-4-1-2-7-18-14/h1-2,4,7H,3,5-6,8-11H2. The molecule has 3 heterocycles. The first-order valence-electron chi connectivity index (χ1n) is 8.09. The van der Waals surface area contributed by atoms with Crippen LogP contribution in [0.4, 0.5) is 4.39 Å². The molecule has 0 spiro atoms. The lowest BCUT2D eigenvalue weighted by Crippen LogP contribution is -2.38. The van der Waals surface area contributed by atoms with Crippen molar-refractivity contribution in [3.05, 3.63) is 35.8 Å². The summed E-state index contributed by atoms with van der Waals surface area (Å²) in [5.74, 6) is 0.0928. The third-order valence-electron chi connectivity index (χ3n) is 4.41. The highest BCUT2D eigenvalue weighted by Gasteiger charge is 2.53. The molecule has 0 unspecified atom stereocenters. The fourth-order valence-corrected chi connectivity index (χ4v) is 2.86. The van der Waals surface area contributed by atoms with Crippen LogP contribution in [0.2, 0.25) is 0 Å². The van der Waals surface area contributed by atoms with Crippen LogP contribution in [0.1, 0.15) is 30.7 Å². The van der Waals surface area contributed by atoms with Crippen molar-refractivity contribution in [3.8, 4) is 5.88 Å². The lowest BCUT2D eigenvalue weighted by molar-refractivity contribution is -0.138. The van der Waals surface area contributed by atoms with Gasteiger partial charge in [-0.2, -0.15) is 0 Å². The van der Waals surface area contributed by atoms with Gasteiger partial charge in [0.1, 0.15) is 12.3 Å². The highest BCUT2D eigenvalue weighted by atomic mass is 19.1. The van der Waals surface area contributed by atoms with Crippen LogP contribution in [-0.2, 0) is 24.5 Å². The van der Waals surface area contributed by atoms with Crippen molar-refractivity contribution in [2.24, 2.45) is 0 Å². The van der Waals surface area contributed by atoms with Gasteiger partial charge in [-0.1, -0.05) is 11.3 Å². The molecule has 0 N–H and O–H groups in total. The molecule has 1 aliphatic heterocycles. The molecular weight excluding hydrogens is 313 g/mol. The van der Waals surface area contributed by atoms with Crippen molar-refractivity contribution in [3.63, 3.8) is 0 Å². The Hall–Kier alpha value is -2.51. The van der Waals surface area contributed by atoms with Gasteiger partial charge < -0.3 is 9.64 Å². The molecule has 7 nitrogen and oxygen atoms in total. The summed E-state index contributed by atoms with van der Waals surface area (Å²) in [6, 6.07) is 5.41. The summed E-state index contributed by atoms with van der Waals surface area (Å²) < 4.78 is 21.5. The molecule has 0 aromatic carbocycles. The number of hydrogen-bond donors (Lipinski definition) is 0. The van der Waals surface area contributed by atoms with Crippen LogP contribution in [0.25, 0.3) is 0 Å². The Balaban J connectivity index is 1.50. The van der Waals surface area contributed by atoms with E-state index >= 15 is 0 Å². The number of fused-ring (bicyclic) bond motifs is 1. The molecule has 1 saturated carbocycles. The van der Waals surface area contributed by atoms with E-state index in [4.69, 9.17) is 4.74 Å². The third-order valence-corrected chi connectivity index (χ3v) is 4.41. The monoisotopic (exact) mass is 331 g/mol. The summed E-state index contributed by atoms with van der Waals surface area (Å²) in [6.07, 6.45) is 3.04. The molecule has 0 saturated heterocycles. The topological polar surface area (TPSA) is 73.1 Å². The number of pyridine rings is 1. The summed E-state index contributed by atoms with van der Waals surface area (Å²) >= 11 is 0. The largest absolute Gasteiger partial charge is 0.471 e. The van der Waals surface area contributed by atoms with Gasteiger partial charge in [0.05, 0.1) is 12.2 Å². The van der Waals surface area contributed by atoms with Gasteiger partial charge >= 0.3 is 0 Å². The van der Waals surface area contributed by atoms with Crippen LogP contribution in [0, 0.1) is 0 Å². The van der Waals surface area contributed by atoms with Gasteiger partial charge in [0.2, 0.25) is 5.88 Å². The molecular formula is C16H18FN5O2. The quantitative estimate of drug-likeness (QED) is 0.849. The maximum atomic E-state index is 14.1. The number of hydrogen-bond acceptors (Lipinski definition) is 5. The molecule has 4 rings (SSSR count). The van der Waals surface area contributed by atoms with Crippen molar-refractivity contribution in [2.75, 3.05) is 6.54 Å². The van der Waals surface area contributed by atoms with Crippen molar-refractivity contribution >= 4 is 5.91 Å². The van der Waals surface area contributed by atoms with E-state index in [-0.39, 0.29) is 6.61 Å². The second-order valence-electron chi connectivity index (χ2n) is 6.21. The Kier molecular flexibility index (Phi) is 3.66. The lowest BCUT2D eigenvalue weighted by atomic mass is 10.2. The number of amides is 1. The zero-order valence-electron chi connectivity index (χ0n) is 13.2. The third kappa shape index (κ3) is 2.83. The van der Waals surface area contributed by atoms with Gasteiger partial charge in [-0.15, -0.1) is 5.10 Å². The number of halogens is 1. The number of rotatable bonds is 4. The molecule has 0 bridgehead atoms. The van der Waals surface area contributed by atoms with Crippen LogP contribution in [0.15, 0.2) is 24.4 Å². The summed E-state index contributed by atoms with van der Waals surface area (Å²) in [6.45, 7) is 1.73. The van der Waals surface area contributed by atoms with E-state index < -0.39 is 11.6 Å². The predicted octanol–water partition coefficient (Wildman–Crippen LogP) is 1.49. The van der Waals surface area contributed by atoms with E-state index in [0.717, 1.165) is 12.1 Å². The zero-order valence-corrected chi connectivity index (χ0v) is 13.2. The number of ether oxygens (including phenoxy) is 1. The maximum absolute atomic E-state index is 14.1. The van der Waals surface area contributed by atoms with Crippen molar-refractivity contribution in [1.29, 1.82) is 0 Å². The molecule has 126 valence electrons. The van der Waals surface area contributed by atoms with Crippen molar-refractivity contribution < 1.29 is 13.9 Å². The number of aryl methyl sites for hydroxylation is 1. The summed E-state index contributed by atoms with van der Waals surface area (Å²) in [4.78, 5) is 18.0. The Labute approximate surface area is 138 Å². The van der Waals surface area contributed by atoms with Crippen LogP contribution in [-0.4, -0.2) is 43.0 Å². The van der Waals surface area contributed by atoms with E-state index in [1.807, 2.05) is 12.1 Å². The average molecular weight is 331 g/mol. The van der Waals surface area contributed by atoms with E-state index in [1.165, 1.54) is 0 Å². The maximum Gasteiger partial charge on any atom is 0.260 e. The van der Waals surface area contributed by atoms with Crippen LogP contribution in [0.3, 0.4) is 0 Å². The number of nitrogens with zero attached hydrogens (tertiary/aromatic N) is 5. The van der Waals surface area contributed by atoms with Crippen molar-refractivity contribution in [1.82, 2.24) is 24.9 Å². The number of alkyl halides is 1. The van der Waals surface area contributed by atoms with Crippen LogP contribution in [0.5, 0.6) is 5.88 Å². The second kappa shape index (κ2) is 5.85. The molecule has 0 radical (unpaired) electrons. The van der Waals surface area contributed by atoms with Gasteiger partial charge in [-0.25, -0.2) is 14.1 Å². The highest BCUT2D eigenvalue weighted by molar-refractivity contribution is 5.88. The first-order valence-corrected chi connectivity index (χ1v) is 8.09. The summed E-state index contributed by atoms with van der Waals surface area (Å²) in [7, 11) is 0. The van der Waals surface area contributed by atoms with E-state index in [1.54, 1.807) is 21.8 Å². The minimum Gasteiger partial charge on any atom is -0.471 e. The zero-order chi connectivity index (χ0) is 16.6. The predicted molar refractivity (Wildman–Crippen MR) is 81.7 cm³/mol. The van der Waals surface area contributed by atoms with Gasteiger partial charge in [-0.3, -0.25) is 4.79 Å². The number of carbonyl (C=O) groups excluding carboxylic acids is 1. The first-order chi connectivity index (χ1) is 11.7. The van der Waals surface area contributed by atoms with Crippen molar-refractivity contribution in [2.45, 2.75) is 44.6 Å². The van der Waals surface area contributed by atoms with E-state index in [2.05, 4.69) is 15.3 Å². The normalized spacial score (nSPS) is 18.6. The molecule has 8 heteroatoms. The molecule has 1 fully saturated rings. The molecule has 24 heavy (non-hydrogen) atoms. The average Bonchev–Trinajstić information content (AvgIpc) is 3.31. The Bertz CT molecular complexity index is 744. The van der Waals surface area contributed by atoms with Gasteiger partial charge in [0.25, 0.3) is 5.91 Å². The smallest absolute Gasteiger partial charge is 0.260 e. The number of carbonyl (C=O) groups is 1. The van der Waals surface area contributed by atoms with Crippen LogP contribution >= 0.6 is 0 Å². The molecule has 2 aromatic heterocycles. The summed E-state index contributed by atoms with van der Waals surface area (Å²) in [5, 5.41) is 8.29. The molecule has 0 atom stereocenters. The Morgan fingerprint density at radius 3 is 2.96 bits per heavy atom. The van der Waals surface area contributed by atoms with E-state index in [0.29, 0.717) is 44.0 Å². The SMILES string of the molecule is O=C(N1CCCn2nnc(COc3ccccn3)c2C1)C1(F)CC1. The molecule has 1 aliphatic carbocycles. The molecule has 2 aliphatic rings. The fourth-order valence-electron chi connectivity index (χ4n) is 2.86. The second-order valence-corrected chi connectivity index (χ2v) is 6.21. The van der Waals surface area contributed by atoms with Gasteiger partial charge in [-0.05, 0) is 25.3 Å². The number of aromatic nitrogens is 4. The Morgan fingerprint density at radius 2 is 2.21 bits per heavy atom. The Morgan fingerprint density at radius 1 is 1.33 bits per heavy atom. The minimum atomic E-state index is -1.65. The highest BCUT2D eigenvalue weighted by Crippen LogP contribution is 2.42. The molecule has 2 aromatic rings. The molecule has 1 amide bonds.